The lowest BCUT2D eigenvalue weighted by molar-refractivity contribution is -0.212. The van der Waals surface area contributed by atoms with Crippen LogP contribution in [0.2, 0.25) is 0 Å². The van der Waals surface area contributed by atoms with Crippen LogP contribution in [0, 0.1) is 0 Å². The molecule has 0 radical (unpaired) electrons. The van der Waals surface area contributed by atoms with Gasteiger partial charge in [-0.15, -0.1) is 0 Å². The van der Waals surface area contributed by atoms with Crippen LogP contribution in [0.3, 0.4) is 0 Å². The molecule has 0 N–H and O–H groups in total. The first-order chi connectivity index (χ1) is 10.4. The molecule has 2 saturated heterocycles. The number of nitrogens with zero attached hydrogens (tertiary/aromatic N) is 2. The molecule has 2 aliphatic rings. The normalized spacial score (nSPS) is 22.4. The Labute approximate surface area is 130 Å². The van der Waals surface area contributed by atoms with Gasteiger partial charge in [0.25, 0.3) is 0 Å². The van der Waals surface area contributed by atoms with Gasteiger partial charge in [-0.25, -0.2) is 17.8 Å². The Kier molecular flexibility index (Phi) is 3.96. The van der Waals surface area contributed by atoms with Gasteiger partial charge in [0, 0.05) is 13.1 Å². The zero-order chi connectivity index (χ0) is 15.8. The van der Waals surface area contributed by atoms with Crippen LogP contribution in [-0.2, 0) is 26.2 Å². The van der Waals surface area contributed by atoms with Crippen LogP contribution in [0.25, 0.3) is 0 Å². The fraction of sp³-hybridized carbons (Fsp3) is 0.533. The molecule has 120 valence electrons. The molecule has 6 nitrogen and oxygen atoms in total. The van der Waals surface area contributed by atoms with Gasteiger partial charge < -0.3 is 0 Å². The highest BCUT2D eigenvalue weighted by Crippen LogP contribution is 2.37. The Morgan fingerprint density at radius 2 is 1.82 bits per heavy atom. The molecular formula is C15H20N2O4S. The number of rotatable bonds is 3. The van der Waals surface area contributed by atoms with E-state index in [9.17, 15) is 13.2 Å². The number of carbonyl (C=O) groups is 1. The summed E-state index contributed by atoms with van der Waals surface area (Å²) in [6.07, 6.45) is 2.65. The van der Waals surface area contributed by atoms with E-state index in [4.69, 9.17) is 4.84 Å². The van der Waals surface area contributed by atoms with Crippen molar-refractivity contribution in [2.24, 2.45) is 0 Å². The van der Waals surface area contributed by atoms with Crippen LogP contribution in [0.15, 0.2) is 30.3 Å². The number of benzene rings is 1. The van der Waals surface area contributed by atoms with E-state index in [0.29, 0.717) is 38.9 Å². The number of hydrogen-bond acceptors (Lipinski definition) is 4. The van der Waals surface area contributed by atoms with Crippen molar-refractivity contribution >= 4 is 15.9 Å². The molecule has 0 atom stereocenters. The summed E-state index contributed by atoms with van der Waals surface area (Å²) in [5.74, 6) is -0.0309. The minimum absolute atomic E-state index is 0.0309. The summed E-state index contributed by atoms with van der Waals surface area (Å²) in [7, 11) is -3.17. The minimum Gasteiger partial charge on any atom is -0.272 e. The third kappa shape index (κ3) is 3.16. The molecule has 7 heteroatoms. The van der Waals surface area contributed by atoms with Crippen molar-refractivity contribution in [2.45, 2.75) is 31.4 Å². The van der Waals surface area contributed by atoms with Crippen LogP contribution in [-0.4, -0.2) is 48.6 Å². The fourth-order valence-corrected chi connectivity index (χ4v) is 3.89. The summed E-state index contributed by atoms with van der Waals surface area (Å²) in [5, 5.41) is 1.42. The molecule has 0 aromatic heterocycles. The van der Waals surface area contributed by atoms with Crippen LogP contribution in [0.5, 0.6) is 0 Å². The molecule has 0 aliphatic carbocycles. The number of amides is 1. The highest BCUT2D eigenvalue weighted by molar-refractivity contribution is 7.88. The summed E-state index contributed by atoms with van der Waals surface area (Å²) < 4.78 is 24.6. The van der Waals surface area contributed by atoms with E-state index in [0.717, 1.165) is 5.56 Å². The third-order valence-electron chi connectivity index (χ3n) is 4.33. The smallest absolute Gasteiger partial charge is 0.249 e. The Morgan fingerprint density at radius 3 is 2.41 bits per heavy atom. The number of piperidine rings is 1. The standard InChI is InChI=1S/C15H20N2O4S/c1-22(19,20)16-9-7-15(8-10-16)11-14(18)17(21-15)12-13-5-3-2-4-6-13/h2-6H,7-12H2,1H3. The van der Waals surface area contributed by atoms with Gasteiger partial charge in [0.1, 0.15) is 5.60 Å². The van der Waals surface area contributed by atoms with Gasteiger partial charge in [0.15, 0.2) is 0 Å². The molecule has 1 spiro atoms. The van der Waals surface area contributed by atoms with Crippen molar-refractivity contribution in [2.75, 3.05) is 19.3 Å². The van der Waals surface area contributed by atoms with Gasteiger partial charge in [-0.3, -0.25) is 9.63 Å². The first-order valence-electron chi connectivity index (χ1n) is 7.37. The average molecular weight is 324 g/mol. The molecule has 1 aromatic rings. The predicted molar refractivity (Wildman–Crippen MR) is 81.1 cm³/mol. The van der Waals surface area contributed by atoms with E-state index in [1.165, 1.54) is 15.6 Å². The quantitative estimate of drug-likeness (QED) is 0.836. The minimum atomic E-state index is -3.17. The SMILES string of the molecule is CS(=O)(=O)N1CCC2(CC1)CC(=O)N(Cc1ccccc1)O2. The summed E-state index contributed by atoms with van der Waals surface area (Å²) in [6, 6.07) is 9.69. The molecule has 2 fully saturated rings. The Morgan fingerprint density at radius 1 is 1.18 bits per heavy atom. The van der Waals surface area contributed by atoms with Gasteiger partial charge in [-0.1, -0.05) is 30.3 Å². The van der Waals surface area contributed by atoms with Crippen LogP contribution >= 0.6 is 0 Å². The highest BCUT2D eigenvalue weighted by Gasteiger charge is 2.47. The molecule has 0 bridgehead atoms. The van der Waals surface area contributed by atoms with Crippen molar-refractivity contribution in [1.29, 1.82) is 0 Å². The lowest BCUT2D eigenvalue weighted by Gasteiger charge is -2.36. The molecule has 3 rings (SSSR count). The zero-order valence-corrected chi connectivity index (χ0v) is 13.4. The molecular weight excluding hydrogens is 304 g/mol. The molecule has 2 aliphatic heterocycles. The Balaban J connectivity index is 1.65. The monoisotopic (exact) mass is 324 g/mol. The number of hydroxylamine groups is 2. The summed E-state index contributed by atoms with van der Waals surface area (Å²) >= 11 is 0. The molecule has 0 unspecified atom stereocenters. The van der Waals surface area contributed by atoms with E-state index in [1.807, 2.05) is 30.3 Å². The lowest BCUT2D eigenvalue weighted by atomic mass is 9.89. The predicted octanol–water partition coefficient (Wildman–Crippen LogP) is 1.14. The maximum Gasteiger partial charge on any atom is 0.249 e. The second-order valence-electron chi connectivity index (χ2n) is 6.03. The first kappa shape index (κ1) is 15.5. The summed E-state index contributed by atoms with van der Waals surface area (Å²) in [6.45, 7) is 1.24. The number of hydrogen-bond donors (Lipinski definition) is 0. The van der Waals surface area contributed by atoms with Crippen molar-refractivity contribution in [3.05, 3.63) is 35.9 Å². The van der Waals surface area contributed by atoms with Gasteiger partial charge in [-0.05, 0) is 18.4 Å². The van der Waals surface area contributed by atoms with E-state index in [-0.39, 0.29) is 5.91 Å². The van der Waals surface area contributed by atoms with Gasteiger partial charge in [0.2, 0.25) is 15.9 Å². The molecule has 1 aromatic carbocycles. The van der Waals surface area contributed by atoms with Crippen LogP contribution < -0.4 is 0 Å². The Bertz CT molecular complexity index is 651. The van der Waals surface area contributed by atoms with Crippen LogP contribution in [0.4, 0.5) is 0 Å². The van der Waals surface area contributed by atoms with E-state index in [2.05, 4.69) is 0 Å². The van der Waals surface area contributed by atoms with Crippen LogP contribution in [0.1, 0.15) is 24.8 Å². The fourth-order valence-electron chi connectivity index (χ4n) is 3.04. The second-order valence-corrected chi connectivity index (χ2v) is 8.01. The second kappa shape index (κ2) is 5.64. The topological polar surface area (TPSA) is 66.9 Å². The third-order valence-corrected chi connectivity index (χ3v) is 5.63. The van der Waals surface area contributed by atoms with E-state index >= 15 is 0 Å². The van der Waals surface area contributed by atoms with Crippen molar-refractivity contribution in [3.8, 4) is 0 Å². The molecule has 22 heavy (non-hydrogen) atoms. The lowest BCUT2D eigenvalue weighted by Crippen LogP contribution is -2.46. The maximum absolute atomic E-state index is 12.2. The molecule has 2 heterocycles. The van der Waals surface area contributed by atoms with Gasteiger partial charge in [-0.2, -0.15) is 0 Å². The maximum atomic E-state index is 12.2. The Hall–Kier alpha value is -1.44. The van der Waals surface area contributed by atoms with E-state index in [1.54, 1.807) is 0 Å². The first-order valence-corrected chi connectivity index (χ1v) is 9.21. The van der Waals surface area contributed by atoms with Crippen molar-refractivity contribution in [3.63, 3.8) is 0 Å². The molecule has 0 saturated carbocycles. The largest absolute Gasteiger partial charge is 0.272 e. The summed E-state index contributed by atoms with van der Waals surface area (Å²) in [4.78, 5) is 18.1. The molecule has 1 amide bonds. The van der Waals surface area contributed by atoms with Crippen molar-refractivity contribution in [1.82, 2.24) is 9.37 Å². The average Bonchev–Trinajstić information content (AvgIpc) is 2.75. The highest BCUT2D eigenvalue weighted by atomic mass is 32.2. The summed E-state index contributed by atoms with van der Waals surface area (Å²) in [5.41, 5.74) is 0.481. The van der Waals surface area contributed by atoms with Gasteiger partial charge >= 0.3 is 0 Å². The van der Waals surface area contributed by atoms with Gasteiger partial charge in [0.05, 0.1) is 19.2 Å². The van der Waals surface area contributed by atoms with E-state index < -0.39 is 15.6 Å². The zero-order valence-electron chi connectivity index (χ0n) is 12.6. The van der Waals surface area contributed by atoms with Crippen molar-refractivity contribution < 1.29 is 18.0 Å². The number of carbonyl (C=O) groups excluding carboxylic acids is 1. The number of sulfonamides is 1.